The van der Waals surface area contributed by atoms with E-state index in [2.05, 4.69) is 33.9 Å². The van der Waals surface area contributed by atoms with Gasteiger partial charge < -0.3 is 19.4 Å². The van der Waals surface area contributed by atoms with E-state index in [-0.39, 0.29) is 0 Å². The number of amides is 1. The number of benzene rings is 1. The summed E-state index contributed by atoms with van der Waals surface area (Å²) in [6, 6.07) is 8.17. The molecular weight excluding hydrogens is 302 g/mol. The third-order valence-electron chi connectivity index (χ3n) is 5.26. The lowest BCUT2D eigenvalue weighted by Gasteiger charge is -2.37. The van der Waals surface area contributed by atoms with Crippen molar-refractivity contribution in [1.82, 2.24) is 9.80 Å². The number of nitrogens with zero attached hydrogens (tertiary/aromatic N) is 3. The smallest absolute Gasteiger partial charge is 0.223 e. The van der Waals surface area contributed by atoms with E-state index < -0.39 is 0 Å². The number of carbonyl (C=O) groups excluding carboxylic acids is 1. The van der Waals surface area contributed by atoms with Crippen LogP contribution in [-0.2, 0) is 4.79 Å². The summed E-state index contributed by atoms with van der Waals surface area (Å²) >= 11 is 0. The first kappa shape index (κ1) is 17.1. The fourth-order valence-corrected chi connectivity index (χ4v) is 3.82. The Labute approximate surface area is 145 Å². The molecule has 5 nitrogen and oxygen atoms in total. The lowest BCUT2D eigenvalue weighted by molar-refractivity contribution is -0.132. The second kappa shape index (κ2) is 7.88. The van der Waals surface area contributed by atoms with Gasteiger partial charge >= 0.3 is 0 Å². The quantitative estimate of drug-likeness (QED) is 0.846. The Morgan fingerprint density at radius 1 is 1.12 bits per heavy atom. The fourth-order valence-electron chi connectivity index (χ4n) is 3.82. The van der Waals surface area contributed by atoms with E-state index in [1.54, 1.807) is 7.11 Å². The van der Waals surface area contributed by atoms with Crippen molar-refractivity contribution < 1.29 is 9.53 Å². The maximum absolute atomic E-state index is 12.6. The third kappa shape index (κ3) is 4.20. The largest absolute Gasteiger partial charge is 0.497 e. The number of piperidine rings is 1. The highest BCUT2D eigenvalue weighted by Crippen LogP contribution is 2.22. The molecule has 1 aromatic rings. The zero-order valence-corrected chi connectivity index (χ0v) is 14.9. The van der Waals surface area contributed by atoms with Gasteiger partial charge in [-0.05, 0) is 56.6 Å². The van der Waals surface area contributed by atoms with Crippen LogP contribution in [0.3, 0.4) is 0 Å². The minimum atomic E-state index is 0.338. The van der Waals surface area contributed by atoms with Gasteiger partial charge in [0.1, 0.15) is 5.75 Å². The number of ether oxygens (including phenoxy) is 1. The molecule has 1 unspecified atom stereocenters. The van der Waals surface area contributed by atoms with E-state index >= 15 is 0 Å². The van der Waals surface area contributed by atoms with Crippen LogP contribution in [0.2, 0.25) is 0 Å². The maximum Gasteiger partial charge on any atom is 0.223 e. The Kier molecular flexibility index (Phi) is 5.61. The highest BCUT2D eigenvalue weighted by atomic mass is 16.5. The van der Waals surface area contributed by atoms with Gasteiger partial charge in [-0.25, -0.2) is 0 Å². The number of hydrogen-bond donors (Lipinski definition) is 0. The first-order valence-electron chi connectivity index (χ1n) is 9.01. The van der Waals surface area contributed by atoms with E-state index in [0.717, 1.165) is 38.5 Å². The van der Waals surface area contributed by atoms with E-state index in [4.69, 9.17) is 4.74 Å². The molecule has 1 aromatic carbocycles. The van der Waals surface area contributed by atoms with Gasteiger partial charge in [0, 0.05) is 44.8 Å². The molecule has 1 atom stereocenters. The molecule has 2 fully saturated rings. The summed E-state index contributed by atoms with van der Waals surface area (Å²) in [5.41, 5.74) is 1.21. The summed E-state index contributed by atoms with van der Waals surface area (Å²) < 4.78 is 5.21. The predicted molar refractivity (Wildman–Crippen MR) is 96.6 cm³/mol. The molecule has 2 aliphatic heterocycles. The van der Waals surface area contributed by atoms with E-state index in [9.17, 15) is 4.79 Å². The van der Waals surface area contributed by atoms with Crippen molar-refractivity contribution in [2.45, 2.75) is 19.3 Å². The van der Waals surface area contributed by atoms with E-state index in [1.807, 2.05) is 12.1 Å². The molecule has 0 N–H and O–H groups in total. The molecule has 5 heteroatoms. The molecule has 2 saturated heterocycles. The molecule has 1 amide bonds. The van der Waals surface area contributed by atoms with Crippen LogP contribution in [0.1, 0.15) is 19.3 Å². The topological polar surface area (TPSA) is 36.0 Å². The minimum absolute atomic E-state index is 0.338. The Hall–Kier alpha value is -1.75. The lowest BCUT2D eigenvalue weighted by atomic mass is 9.94. The Bertz CT molecular complexity index is 538. The van der Waals surface area contributed by atoms with Gasteiger partial charge in [0.2, 0.25) is 5.91 Å². The van der Waals surface area contributed by atoms with Crippen LogP contribution in [-0.4, -0.2) is 69.1 Å². The second-order valence-electron chi connectivity index (χ2n) is 7.04. The third-order valence-corrected chi connectivity index (χ3v) is 5.26. The van der Waals surface area contributed by atoms with Crippen molar-refractivity contribution >= 4 is 11.6 Å². The summed E-state index contributed by atoms with van der Waals surface area (Å²) in [5.74, 6) is 1.76. The monoisotopic (exact) mass is 331 g/mol. The summed E-state index contributed by atoms with van der Waals surface area (Å²) in [6.07, 6.45) is 3.13. The molecule has 0 saturated carbocycles. The van der Waals surface area contributed by atoms with Gasteiger partial charge in [-0.3, -0.25) is 4.79 Å². The van der Waals surface area contributed by atoms with Crippen molar-refractivity contribution in [3.05, 3.63) is 24.3 Å². The Balaban J connectivity index is 1.48. The van der Waals surface area contributed by atoms with E-state index in [1.165, 1.54) is 25.1 Å². The van der Waals surface area contributed by atoms with Crippen LogP contribution in [0.15, 0.2) is 24.3 Å². The number of carbonyl (C=O) groups is 1. The molecule has 24 heavy (non-hydrogen) atoms. The fraction of sp³-hybridized carbons (Fsp3) is 0.632. The van der Waals surface area contributed by atoms with Gasteiger partial charge in [0.15, 0.2) is 0 Å². The van der Waals surface area contributed by atoms with Crippen molar-refractivity contribution in [1.29, 1.82) is 0 Å². The zero-order valence-electron chi connectivity index (χ0n) is 14.9. The summed E-state index contributed by atoms with van der Waals surface area (Å²) in [4.78, 5) is 19.3. The van der Waals surface area contributed by atoms with Crippen LogP contribution in [0.5, 0.6) is 5.75 Å². The molecule has 0 bridgehead atoms. The molecule has 0 radical (unpaired) electrons. The second-order valence-corrected chi connectivity index (χ2v) is 7.04. The number of hydrogen-bond acceptors (Lipinski definition) is 4. The molecule has 0 aromatic heterocycles. The van der Waals surface area contributed by atoms with Crippen LogP contribution >= 0.6 is 0 Å². The average molecular weight is 331 g/mol. The first-order valence-corrected chi connectivity index (χ1v) is 9.01. The lowest BCUT2D eigenvalue weighted by Crippen LogP contribution is -2.49. The van der Waals surface area contributed by atoms with Gasteiger partial charge in [-0.2, -0.15) is 0 Å². The van der Waals surface area contributed by atoms with E-state index in [0.29, 0.717) is 18.2 Å². The van der Waals surface area contributed by atoms with Crippen LogP contribution < -0.4 is 9.64 Å². The van der Waals surface area contributed by atoms with Crippen molar-refractivity contribution in [3.63, 3.8) is 0 Å². The zero-order chi connectivity index (χ0) is 16.9. The number of rotatable bonds is 4. The molecule has 2 heterocycles. The maximum atomic E-state index is 12.6. The van der Waals surface area contributed by atoms with Gasteiger partial charge in [-0.15, -0.1) is 0 Å². The first-order chi connectivity index (χ1) is 11.7. The van der Waals surface area contributed by atoms with Gasteiger partial charge in [-0.1, -0.05) is 0 Å². The predicted octanol–water partition coefficient (Wildman–Crippen LogP) is 2.08. The SMILES string of the molecule is COc1ccc(N2CCN(C(=O)CC3CCCN(C)C3)CC2)cc1. The molecule has 3 rings (SSSR count). The molecule has 2 aliphatic rings. The van der Waals surface area contributed by atoms with Gasteiger partial charge in [0.05, 0.1) is 7.11 Å². The summed E-state index contributed by atoms with van der Waals surface area (Å²) in [5, 5.41) is 0. The van der Waals surface area contributed by atoms with Crippen LogP contribution in [0, 0.1) is 5.92 Å². The normalized spacial score (nSPS) is 22.5. The van der Waals surface area contributed by atoms with Crippen molar-refractivity contribution in [2.24, 2.45) is 5.92 Å². The summed E-state index contributed by atoms with van der Waals surface area (Å²) in [7, 11) is 3.84. The minimum Gasteiger partial charge on any atom is -0.497 e. The van der Waals surface area contributed by atoms with Crippen molar-refractivity contribution in [3.8, 4) is 5.75 Å². The standard InChI is InChI=1S/C19H29N3O2/c1-20-9-3-4-16(15-20)14-19(23)22-12-10-21(11-13-22)17-5-7-18(24-2)8-6-17/h5-8,16H,3-4,9-15H2,1-2H3. The number of likely N-dealkylation sites (tertiary alicyclic amines) is 1. The number of methoxy groups -OCH3 is 1. The molecule has 0 spiro atoms. The number of piperazine rings is 1. The Morgan fingerprint density at radius 3 is 2.46 bits per heavy atom. The van der Waals surface area contributed by atoms with Gasteiger partial charge in [0.25, 0.3) is 0 Å². The molecule has 0 aliphatic carbocycles. The van der Waals surface area contributed by atoms with Crippen molar-refractivity contribution in [2.75, 3.05) is 58.3 Å². The molecule has 132 valence electrons. The highest BCUT2D eigenvalue weighted by Gasteiger charge is 2.25. The average Bonchev–Trinajstić information content (AvgIpc) is 2.62. The Morgan fingerprint density at radius 2 is 1.83 bits per heavy atom. The van der Waals surface area contributed by atoms with Crippen LogP contribution in [0.25, 0.3) is 0 Å². The summed E-state index contributed by atoms with van der Waals surface area (Å²) in [6.45, 7) is 5.70. The number of anilines is 1. The highest BCUT2D eigenvalue weighted by molar-refractivity contribution is 5.76. The molecular formula is C19H29N3O2. The van der Waals surface area contributed by atoms with Crippen LogP contribution in [0.4, 0.5) is 5.69 Å².